The predicted molar refractivity (Wildman–Crippen MR) is 109 cm³/mol. The zero-order valence-corrected chi connectivity index (χ0v) is 18.6. The Hall–Kier alpha value is -1.11. The third kappa shape index (κ3) is 5.49. The number of allylic oxidation sites excluding steroid dienone is 2. The fourth-order valence-electron chi connectivity index (χ4n) is 4.58. The third-order valence-electron chi connectivity index (χ3n) is 6.18. The second-order valence-corrected chi connectivity index (χ2v) is 9.99. The van der Waals surface area contributed by atoms with Crippen molar-refractivity contribution in [3.8, 4) is 0 Å². The normalized spacial score (nSPS) is 30.1. The maximum absolute atomic E-state index is 12.4. The van der Waals surface area contributed by atoms with Gasteiger partial charge < -0.3 is 24.6 Å². The number of methoxy groups -OCH3 is 1. The molecular formula is C22H39NO5. The van der Waals surface area contributed by atoms with Crippen LogP contribution in [-0.4, -0.2) is 54.9 Å². The molecule has 1 saturated carbocycles. The van der Waals surface area contributed by atoms with Gasteiger partial charge in [0.05, 0.1) is 24.4 Å². The number of carbonyl (C=O) groups excluding carboxylic acids is 1. The molecular weight excluding hydrogens is 358 g/mol. The molecule has 1 aliphatic heterocycles. The van der Waals surface area contributed by atoms with Crippen LogP contribution in [0.4, 0.5) is 4.79 Å². The maximum atomic E-state index is 12.4. The van der Waals surface area contributed by atoms with E-state index in [-0.39, 0.29) is 35.7 Å². The first-order valence-electron chi connectivity index (χ1n) is 10.4. The largest absolute Gasteiger partial charge is 0.443 e. The van der Waals surface area contributed by atoms with E-state index in [9.17, 15) is 9.90 Å². The van der Waals surface area contributed by atoms with Gasteiger partial charge in [0.1, 0.15) is 12.2 Å². The van der Waals surface area contributed by atoms with Crippen molar-refractivity contribution in [3.63, 3.8) is 0 Å². The Balaban J connectivity index is 2.14. The summed E-state index contributed by atoms with van der Waals surface area (Å²) in [6, 6.07) is 0. The summed E-state index contributed by atoms with van der Waals surface area (Å²) in [7, 11) is 1.69. The fourth-order valence-corrected chi connectivity index (χ4v) is 4.58. The van der Waals surface area contributed by atoms with Crippen LogP contribution in [0.15, 0.2) is 11.6 Å². The lowest BCUT2D eigenvalue weighted by atomic mass is 9.61. The summed E-state index contributed by atoms with van der Waals surface area (Å²) in [6.07, 6.45) is 4.81. The molecule has 2 N–H and O–H groups in total. The molecule has 6 nitrogen and oxygen atoms in total. The first-order valence-corrected chi connectivity index (χ1v) is 10.4. The van der Waals surface area contributed by atoms with Crippen LogP contribution in [0, 0.1) is 11.3 Å². The van der Waals surface area contributed by atoms with Crippen molar-refractivity contribution in [2.75, 3.05) is 20.3 Å². The summed E-state index contributed by atoms with van der Waals surface area (Å²) in [5.41, 5.74) is 0.421. The molecule has 6 heteroatoms. The van der Waals surface area contributed by atoms with Gasteiger partial charge in [0, 0.05) is 13.0 Å². The molecule has 1 amide bonds. The van der Waals surface area contributed by atoms with Gasteiger partial charge >= 0.3 is 6.09 Å². The van der Waals surface area contributed by atoms with E-state index >= 15 is 0 Å². The van der Waals surface area contributed by atoms with Crippen molar-refractivity contribution in [1.82, 2.24) is 5.32 Å². The number of aliphatic hydroxyl groups is 1. The van der Waals surface area contributed by atoms with Crippen LogP contribution in [0.5, 0.6) is 0 Å². The van der Waals surface area contributed by atoms with Crippen LogP contribution in [0.25, 0.3) is 0 Å². The Morgan fingerprint density at radius 3 is 2.46 bits per heavy atom. The summed E-state index contributed by atoms with van der Waals surface area (Å²) in [4.78, 5) is 12.4. The van der Waals surface area contributed by atoms with Gasteiger partial charge in [-0.3, -0.25) is 0 Å². The van der Waals surface area contributed by atoms with Crippen molar-refractivity contribution in [3.05, 3.63) is 11.6 Å². The molecule has 1 spiro atoms. The van der Waals surface area contributed by atoms with Crippen molar-refractivity contribution < 1.29 is 24.1 Å². The van der Waals surface area contributed by atoms with Gasteiger partial charge in [-0.25, -0.2) is 4.79 Å². The topological polar surface area (TPSA) is 80.3 Å². The summed E-state index contributed by atoms with van der Waals surface area (Å²) < 4.78 is 17.6. The monoisotopic (exact) mass is 397 g/mol. The minimum absolute atomic E-state index is 0.0218. The number of nitrogens with one attached hydrogen (secondary N) is 1. The molecule has 1 heterocycles. The number of ether oxygens (including phenoxy) is 3. The molecule has 0 aromatic carbocycles. The van der Waals surface area contributed by atoms with Crippen molar-refractivity contribution in [2.45, 2.75) is 90.6 Å². The van der Waals surface area contributed by atoms with Gasteiger partial charge in [-0.1, -0.05) is 25.5 Å². The van der Waals surface area contributed by atoms with Crippen LogP contribution < -0.4 is 5.32 Å². The van der Waals surface area contributed by atoms with E-state index in [4.69, 9.17) is 14.2 Å². The first-order chi connectivity index (χ1) is 13.0. The molecule has 2 aliphatic rings. The molecule has 28 heavy (non-hydrogen) atoms. The lowest BCUT2D eigenvalue weighted by molar-refractivity contribution is -0.133. The van der Waals surface area contributed by atoms with E-state index in [1.54, 1.807) is 21.0 Å². The maximum Gasteiger partial charge on any atom is 0.407 e. The quantitative estimate of drug-likeness (QED) is 0.481. The molecule has 4 atom stereocenters. The Morgan fingerprint density at radius 2 is 1.96 bits per heavy atom. The van der Waals surface area contributed by atoms with Gasteiger partial charge in [-0.15, -0.1) is 0 Å². The second kappa shape index (κ2) is 8.72. The standard InChI is InChI=1S/C22H39NO5/c1-15(2)9-8-11-20(3,4)18-17(26-7)16(10-12-22(18)14-27-22)28-19(25)23-21(5,6)13-24/h9,16-18,24H,8,10-14H2,1-7H3,(H,23,25)/t16?,17?,18?,22-/m0/s1. The highest BCUT2D eigenvalue weighted by Gasteiger charge is 2.63. The fraction of sp³-hybridized carbons (Fsp3) is 0.864. The lowest BCUT2D eigenvalue weighted by Gasteiger charge is -2.48. The van der Waals surface area contributed by atoms with Gasteiger partial charge in [0.25, 0.3) is 0 Å². The van der Waals surface area contributed by atoms with Crippen LogP contribution in [0.3, 0.4) is 0 Å². The lowest BCUT2D eigenvalue weighted by Crippen LogP contribution is -2.56. The smallest absolute Gasteiger partial charge is 0.407 e. The Morgan fingerprint density at radius 1 is 1.32 bits per heavy atom. The molecule has 0 bridgehead atoms. The van der Waals surface area contributed by atoms with E-state index in [2.05, 4.69) is 39.1 Å². The van der Waals surface area contributed by atoms with Crippen LogP contribution >= 0.6 is 0 Å². The average Bonchev–Trinajstić information content (AvgIpc) is 3.34. The first kappa shape index (κ1) is 23.2. The predicted octanol–water partition coefficient (Wildman–Crippen LogP) is 3.82. The molecule has 162 valence electrons. The number of hydrogen-bond donors (Lipinski definition) is 2. The van der Waals surface area contributed by atoms with Gasteiger partial charge in [-0.2, -0.15) is 0 Å². The zero-order valence-electron chi connectivity index (χ0n) is 18.6. The molecule has 0 aromatic rings. The van der Waals surface area contributed by atoms with Crippen molar-refractivity contribution >= 4 is 6.09 Å². The van der Waals surface area contributed by atoms with E-state index in [1.165, 1.54) is 5.57 Å². The Kier molecular flexibility index (Phi) is 7.22. The number of epoxide rings is 1. The van der Waals surface area contributed by atoms with Crippen LogP contribution in [0.1, 0.15) is 67.2 Å². The number of alkyl carbamates (subject to hydrolysis) is 1. The molecule has 2 rings (SSSR count). The zero-order chi connectivity index (χ0) is 21.2. The summed E-state index contributed by atoms with van der Waals surface area (Å²) >= 11 is 0. The van der Waals surface area contributed by atoms with Gasteiger partial charge in [-0.05, 0) is 58.8 Å². The summed E-state index contributed by atoms with van der Waals surface area (Å²) in [6.45, 7) is 12.9. The third-order valence-corrected chi connectivity index (χ3v) is 6.18. The van der Waals surface area contributed by atoms with Crippen LogP contribution in [-0.2, 0) is 14.2 Å². The Bertz CT molecular complexity index is 575. The van der Waals surface area contributed by atoms with Crippen molar-refractivity contribution in [1.29, 1.82) is 0 Å². The highest BCUT2D eigenvalue weighted by Crippen LogP contribution is 2.55. The van der Waals surface area contributed by atoms with Gasteiger partial charge in [0.2, 0.25) is 0 Å². The molecule has 0 radical (unpaired) electrons. The van der Waals surface area contributed by atoms with Crippen LogP contribution in [0.2, 0.25) is 0 Å². The van der Waals surface area contributed by atoms with Crippen molar-refractivity contribution in [2.24, 2.45) is 11.3 Å². The number of aliphatic hydroxyl groups excluding tert-OH is 1. The summed E-state index contributed by atoms with van der Waals surface area (Å²) in [5.74, 6) is 0.146. The number of rotatable bonds is 8. The second-order valence-electron chi connectivity index (χ2n) is 9.99. The van der Waals surface area contributed by atoms with E-state index in [1.807, 2.05) is 0 Å². The van der Waals surface area contributed by atoms with E-state index < -0.39 is 11.6 Å². The number of hydrogen-bond acceptors (Lipinski definition) is 5. The highest BCUT2D eigenvalue weighted by atomic mass is 16.6. The highest BCUT2D eigenvalue weighted by molar-refractivity contribution is 5.68. The molecule has 2 fully saturated rings. The SMILES string of the molecule is COC1C(OC(=O)NC(C)(C)CO)CC[C@]2(CO2)C1C(C)(C)CCC=C(C)C. The summed E-state index contributed by atoms with van der Waals surface area (Å²) in [5, 5.41) is 12.1. The molecule has 0 aromatic heterocycles. The molecule has 1 aliphatic carbocycles. The van der Waals surface area contributed by atoms with E-state index in [0.717, 1.165) is 25.9 Å². The Labute approximate surface area is 170 Å². The number of amides is 1. The van der Waals surface area contributed by atoms with E-state index in [0.29, 0.717) is 6.42 Å². The molecule has 1 saturated heterocycles. The minimum atomic E-state index is -0.724. The number of carbonyl (C=O) groups is 1. The van der Waals surface area contributed by atoms with Gasteiger partial charge in [0.15, 0.2) is 0 Å². The minimum Gasteiger partial charge on any atom is -0.443 e. The molecule has 3 unspecified atom stereocenters. The average molecular weight is 398 g/mol.